The van der Waals surface area contributed by atoms with Crippen LogP contribution in [-0.4, -0.2) is 5.91 Å². The van der Waals surface area contributed by atoms with Crippen LogP contribution in [-0.2, 0) is 0 Å². The molecule has 114 valence electrons. The van der Waals surface area contributed by atoms with Gasteiger partial charge in [0.1, 0.15) is 5.82 Å². The Hall–Kier alpha value is -2.94. The van der Waals surface area contributed by atoms with E-state index in [9.17, 15) is 9.18 Å². The number of nitrogens with one attached hydrogen (secondary N) is 1. The minimum atomic E-state index is -0.440. The molecule has 0 heterocycles. The third kappa shape index (κ3) is 3.46. The number of benzene rings is 3. The normalized spacial score (nSPS) is 10.3. The van der Waals surface area contributed by atoms with Crippen molar-refractivity contribution in [1.29, 1.82) is 0 Å². The van der Waals surface area contributed by atoms with E-state index in [1.807, 2.05) is 49.4 Å². The zero-order valence-electron chi connectivity index (χ0n) is 12.7. The molecular weight excluding hydrogens is 289 g/mol. The maximum atomic E-state index is 13.7. The van der Waals surface area contributed by atoms with Crippen LogP contribution in [0.4, 0.5) is 10.1 Å². The highest BCUT2D eigenvalue weighted by Gasteiger charge is 2.09. The molecule has 0 saturated heterocycles. The molecule has 0 unspecified atom stereocenters. The van der Waals surface area contributed by atoms with Crippen molar-refractivity contribution in [2.75, 3.05) is 5.32 Å². The molecule has 0 spiro atoms. The first kappa shape index (κ1) is 15.0. The van der Waals surface area contributed by atoms with Crippen LogP contribution in [0, 0.1) is 12.7 Å². The van der Waals surface area contributed by atoms with Crippen molar-refractivity contribution < 1.29 is 9.18 Å². The van der Waals surface area contributed by atoms with Crippen LogP contribution >= 0.6 is 0 Å². The number of amides is 1. The second-order valence-electron chi connectivity index (χ2n) is 5.38. The van der Waals surface area contributed by atoms with Crippen molar-refractivity contribution in [3.63, 3.8) is 0 Å². The molecule has 23 heavy (non-hydrogen) atoms. The predicted octanol–water partition coefficient (Wildman–Crippen LogP) is 5.05. The van der Waals surface area contributed by atoms with Gasteiger partial charge in [-0.15, -0.1) is 0 Å². The zero-order chi connectivity index (χ0) is 16.2. The Balaban J connectivity index is 1.79. The predicted molar refractivity (Wildman–Crippen MR) is 91.0 cm³/mol. The Labute approximate surface area is 134 Å². The van der Waals surface area contributed by atoms with Gasteiger partial charge in [0.25, 0.3) is 5.91 Å². The van der Waals surface area contributed by atoms with Crippen molar-refractivity contribution in [2.24, 2.45) is 0 Å². The molecule has 2 nitrogen and oxygen atoms in total. The molecule has 0 fully saturated rings. The van der Waals surface area contributed by atoms with Gasteiger partial charge in [0.15, 0.2) is 0 Å². The van der Waals surface area contributed by atoms with Crippen molar-refractivity contribution >= 4 is 11.6 Å². The van der Waals surface area contributed by atoms with Crippen LogP contribution in [0.1, 0.15) is 15.9 Å². The molecule has 3 heteroatoms. The summed E-state index contributed by atoms with van der Waals surface area (Å²) >= 11 is 0. The van der Waals surface area contributed by atoms with Gasteiger partial charge in [-0.25, -0.2) is 4.39 Å². The van der Waals surface area contributed by atoms with Gasteiger partial charge < -0.3 is 5.32 Å². The maximum Gasteiger partial charge on any atom is 0.255 e. The molecule has 0 aliphatic carbocycles. The first-order valence-electron chi connectivity index (χ1n) is 7.36. The lowest BCUT2D eigenvalue weighted by Gasteiger charge is -2.08. The number of aryl methyl sites for hydroxylation is 1. The number of carbonyl (C=O) groups excluding carboxylic acids is 1. The summed E-state index contributed by atoms with van der Waals surface area (Å²) in [6.45, 7) is 1.85. The second-order valence-corrected chi connectivity index (χ2v) is 5.38. The largest absolute Gasteiger partial charge is 0.319 e. The minimum absolute atomic E-state index is 0.196. The third-order valence-electron chi connectivity index (χ3n) is 3.62. The molecule has 3 rings (SSSR count). The van der Waals surface area contributed by atoms with E-state index in [0.29, 0.717) is 5.56 Å². The monoisotopic (exact) mass is 305 g/mol. The quantitative estimate of drug-likeness (QED) is 0.720. The van der Waals surface area contributed by atoms with E-state index in [1.165, 1.54) is 6.07 Å². The van der Waals surface area contributed by atoms with Crippen LogP contribution in [0.2, 0.25) is 0 Å². The second kappa shape index (κ2) is 6.44. The summed E-state index contributed by atoms with van der Waals surface area (Å²) in [5, 5.41) is 2.61. The fourth-order valence-corrected chi connectivity index (χ4v) is 2.37. The fraction of sp³-hybridized carbons (Fsp3) is 0.0500. The van der Waals surface area contributed by atoms with Gasteiger partial charge in [0.05, 0.1) is 5.69 Å². The lowest BCUT2D eigenvalue weighted by atomic mass is 10.0. The fourth-order valence-electron chi connectivity index (χ4n) is 2.37. The molecule has 3 aromatic carbocycles. The van der Waals surface area contributed by atoms with Crippen LogP contribution in [0.15, 0.2) is 72.8 Å². The summed E-state index contributed by atoms with van der Waals surface area (Å²) in [5.41, 5.74) is 3.70. The van der Waals surface area contributed by atoms with Gasteiger partial charge in [-0.05, 0) is 47.9 Å². The lowest BCUT2D eigenvalue weighted by Crippen LogP contribution is -2.13. The van der Waals surface area contributed by atoms with Gasteiger partial charge in [-0.3, -0.25) is 4.79 Å². The number of rotatable bonds is 3. The average molecular weight is 305 g/mol. The number of carbonyl (C=O) groups is 1. The molecule has 1 amide bonds. The van der Waals surface area contributed by atoms with Crippen molar-refractivity contribution in [1.82, 2.24) is 0 Å². The number of halogens is 1. The number of hydrogen-bond acceptors (Lipinski definition) is 1. The molecule has 0 aromatic heterocycles. The summed E-state index contributed by atoms with van der Waals surface area (Å²) in [6, 6.07) is 21.8. The number of hydrogen-bond donors (Lipinski definition) is 1. The highest BCUT2D eigenvalue weighted by molar-refractivity contribution is 6.04. The lowest BCUT2D eigenvalue weighted by molar-refractivity contribution is 0.102. The summed E-state index contributed by atoms with van der Waals surface area (Å²) in [6.07, 6.45) is 0. The van der Waals surface area contributed by atoms with E-state index >= 15 is 0 Å². The molecule has 1 N–H and O–H groups in total. The highest BCUT2D eigenvalue weighted by Crippen LogP contribution is 2.20. The van der Waals surface area contributed by atoms with Crippen LogP contribution in [0.25, 0.3) is 11.1 Å². The van der Waals surface area contributed by atoms with Gasteiger partial charge in [0, 0.05) is 5.56 Å². The van der Waals surface area contributed by atoms with Gasteiger partial charge in [-0.2, -0.15) is 0 Å². The Bertz CT molecular complexity index is 826. The molecule has 0 aliphatic heterocycles. The van der Waals surface area contributed by atoms with E-state index in [4.69, 9.17) is 0 Å². The Kier molecular flexibility index (Phi) is 4.20. The van der Waals surface area contributed by atoms with E-state index in [0.717, 1.165) is 16.7 Å². The summed E-state index contributed by atoms with van der Waals surface area (Å²) in [4.78, 5) is 12.2. The SMILES string of the molecule is Cc1ccc(F)c(NC(=O)c2ccc(-c3ccccc3)cc2)c1. The molecular formula is C20H16FNO. The highest BCUT2D eigenvalue weighted by atomic mass is 19.1. The maximum absolute atomic E-state index is 13.7. The minimum Gasteiger partial charge on any atom is -0.319 e. The van der Waals surface area contributed by atoms with E-state index in [2.05, 4.69) is 5.32 Å². The van der Waals surface area contributed by atoms with Gasteiger partial charge in [0.2, 0.25) is 0 Å². The van der Waals surface area contributed by atoms with Gasteiger partial charge >= 0.3 is 0 Å². The first-order valence-corrected chi connectivity index (χ1v) is 7.36. The Morgan fingerprint density at radius 1 is 0.870 bits per heavy atom. The summed E-state index contributed by atoms with van der Waals surface area (Å²) in [7, 11) is 0. The zero-order valence-corrected chi connectivity index (χ0v) is 12.7. The van der Waals surface area contributed by atoms with Crippen LogP contribution in [0.3, 0.4) is 0 Å². The topological polar surface area (TPSA) is 29.1 Å². The standard InChI is InChI=1S/C20H16FNO/c1-14-7-12-18(21)19(13-14)22-20(23)17-10-8-16(9-11-17)15-5-3-2-4-6-15/h2-13H,1H3,(H,22,23). The number of anilines is 1. The molecule has 0 radical (unpaired) electrons. The molecule has 0 atom stereocenters. The molecule has 3 aromatic rings. The van der Waals surface area contributed by atoms with Crippen molar-refractivity contribution in [3.8, 4) is 11.1 Å². The van der Waals surface area contributed by atoms with Crippen LogP contribution < -0.4 is 5.32 Å². The smallest absolute Gasteiger partial charge is 0.255 e. The molecule has 0 saturated carbocycles. The molecule has 0 aliphatic rings. The summed E-state index contributed by atoms with van der Waals surface area (Å²) in [5.74, 6) is -0.765. The van der Waals surface area contributed by atoms with Crippen molar-refractivity contribution in [3.05, 3.63) is 89.7 Å². The van der Waals surface area contributed by atoms with E-state index in [-0.39, 0.29) is 11.6 Å². The van der Waals surface area contributed by atoms with Crippen LogP contribution in [0.5, 0.6) is 0 Å². The summed E-state index contributed by atoms with van der Waals surface area (Å²) < 4.78 is 13.7. The first-order chi connectivity index (χ1) is 11.1. The van der Waals surface area contributed by atoms with Crippen molar-refractivity contribution in [2.45, 2.75) is 6.92 Å². The van der Waals surface area contributed by atoms with E-state index in [1.54, 1.807) is 24.3 Å². The Morgan fingerprint density at radius 2 is 1.52 bits per heavy atom. The molecule has 0 bridgehead atoms. The average Bonchev–Trinajstić information content (AvgIpc) is 2.59. The third-order valence-corrected chi connectivity index (χ3v) is 3.62. The Morgan fingerprint density at radius 3 is 2.22 bits per heavy atom. The van der Waals surface area contributed by atoms with E-state index < -0.39 is 5.82 Å². The van der Waals surface area contributed by atoms with Gasteiger partial charge in [-0.1, -0.05) is 48.5 Å².